The lowest BCUT2D eigenvalue weighted by Gasteiger charge is -2.19. The fourth-order valence-corrected chi connectivity index (χ4v) is 1.91. The third kappa shape index (κ3) is 5.11. The van der Waals surface area contributed by atoms with Crippen LogP contribution < -0.4 is 10.1 Å². The molecule has 0 saturated heterocycles. The van der Waals surface area contributed by atoms with Gasteiger partial charge in [0.1, 0.15) is 12.4 Å². The minimum absolute atomic E-state index is 0.0328. The molecule has 1 N–H and O–H groups in total. The van der Waals surface area contributed by atoms with Crippen LogP contribution >= 0.6 is 0 Å². The van der Waals surface area contributed by atoms with E-state index in [4.69, 9.17) is 4.74 Å². The molecule has 2 amide bonds. The molecular formula is C16H26N2O2. The second-order valence-corrected chi connectivity index (χ2v) is 4.98. The van der Waals surface area contributed by atoms with E-state index in [1.165, 1.54) is 5.56 Å². The van der Waals surface area contributed by atoms with E-state index in [0.717, 1.165) is 18.8 Å². The minimum Gasteiger partial charge on any atom is -0.492 e. The molecule has 0 atom stereocenters. The third-order valence-corrected chi connectivity index (χ3v) is 3.22. The van der Waals surface area contributed by atoms with Gasteiger partial charge in [0.05, 0.1) is 6.54 Å². The van der Waals surface area contributed by atoms with E-state index in [1.54, 1.807) is 4.90 Å². The molecule has 1 aromatic rings. The Morgan fingerprint density at radius 2 is 2.00 bits per heavy atom. The zero-order chi connectivity index (χ0) is 15.0. The van der Waals surface area contributed by atoms with Crippen LogP contribution in [0.15, 0.2) is 24.3 Å². The van der Waals surface area contributed by atoms with Gasteiger partial charge in [0.15, 0.2) is 0 Å². The summed E-state index contributed by atoms with van der Waals surface area (Å²) < 4.78 is 5.66. The monoisotopic (exact) mass is 278 g/mol. The van der Waals surface area contributed by atoms with Gasteiger partial charge in [-0.05, 0) is 37.5 Å². The van der Waals surface area contributed by atoms with Crippen LogP contribution in [0.1, 0.15) is 39.2 Å². The number of hydrogen-bond acceptors (Lipinski definition) is 2. The first-order valence-electron chi connectivity index (χ1n) is 7.34. The van der Waals surface area contributed by atoms with Crippen LogP contribution in [0.3, 0.4) is 0 Å². The van der Waals surface area contributed by atoms with Crippen molar-refractivity contribution in [2.24, 2.45) is 0 Å². The van der Waals surface area contributed by atoms with Crippen LogP contribution in [0.5, 0.6) is 5.75 Å². The second-order valence-electron chi connectivity index (χ2n) is 4.98. The highest BCUT2D eigenvalue weighted by Crippen LogP contribution is 2.19. The summed E-state index contributed by atoms with van der Waals surface area (Å²) >= 11 is 0. The molecule has 0 aliphatic heterocycles. The fourth-order valence-electron chi connectivity index (χ4n) is 1.91. The van der Waals surface area contributed by atoms with E-state index in [2.05, 4.69) is 31.3 Å². The second kappa shape index (κ2) is 8.46. The van der Waals surface area contributed by atoms with Crippen LogP contribution in [-0.4, -0.2) is 37.2 Å². The largest absolute Gasteiger partial charge is 0.492 e. The van der Waals surface area contributed by atoms with Crippen molar-refractivity contribution in [2.75, 3.05) is 26.2 Å². The molecule has 1 rings (SSSR count). The van der Waals surface area contributed by atoms with Crippen LogP contribution in [0.2, 0.25) is 0 Å². The van der Waals surface area contributed by atoms with Gasteiger partial charge in [-0.2, -0.15) is 0 Å². The summed E-state index contributed by atoms with van der Waals surface area (Å²) in [5, 5.41) is 2.85. The van der Waals surface area contributed by atoms with Gasteiger partial charge in [0.25, 0.3) is 0 Å². The van der Waals surface area contributed by atoms with Crippen LogP contribution in [-0.2, 0) is 0 Å². The predicted octanol–water partition coefficient (Wildman–Crippen LogP) is 3.24. The number of amides is 2. The molecule has 0 spiro atoms. The number of carbonyl (C=O) groups is 1. The molecule has 0 aliphatic carbocycles. The number of hydrogen-bond donors (Lipinski definition) is 1. The maximum absolute atomic E-state index is 11.7. The number of carbonyl (C=O) groups excluding carboxylic acids is 1. The van der Waals surface area contributed by atoms with Crippen molar-refractivity contribution in [3.8, 4) is 5.75 Å². The molecule has 0 saturated carbocycles. The standard InChI is InChI=1S/C16H26N2O2/c1-5-18(6-2)16(19)17-10-11-20-15-9-7-8-14(12-15)13(3)4/h7-9,12-13H,5-6,10-11H2,1-4H3,(H,17,19). The van der Waals surface area contributed by atoms with Gasteiger partial charge in [-0.3, -0.25) is 0 Å². The van der Waals surface area contributed by atoms with Gasteiger partial charge in [-0.15, -0.1) is 0 Å². The third-order valence-electron chi connectivity index (χ3n) is 3.22. The number of nitrogens with zero attached hydrogens (tertiary/aromatic N) is 1. The minimum atomic E-state index is -0.0328. The quantitative estimate of drug-likeness (QED) is 0.778. The lowest BCUT2D eigenvalue weighted by molar-refractivity contribution is 0.200. The topological polar surface area (TPSA) is 41.6 Å². The zero-order valence-corrected chi connectivity index (χ0v) is 13.0. The molecule has 0 radical (unpaired) electrons. The first-order valence-corrected chi connectivity index (χ1v) is 7.34. The highest BCUT2D eigenvalue weighted by Gasteiger charge is 2.07. The SMILES string of the molecule is CCN(CC)C(=O)NCCOc1cccc(C(C)C)c1. The molecule has 112 valence electrons. The van der Waals surface area contributed by atoms with E-state index in [1.807, 2.05) is 26.0 Å². The number of ether oxygens (including phenoxy) is 1. The molecule has 0 bridgehead atoms. The summed E-state index contributed by atoms with van der Waals surface area (Å²) in [5.41, 5.74) is 1.26. The first-order chi connectivity index (χ1) is 9.58. The molecule has 0 fully saturated rings. The average molecular weight is 278 g/mol. The Morgan fingerprint density at radius 3 is 2.60 bits per heavy atom. The smallest absolute Gasteiger partial charge is 0.317 e. The van der Waals surface area contributed by atoms with Gasteiger partial charge in [-0.1, -0.05) is 26.0 Å². The Balaban J connectivity index is 2.34. The highest BCUT2D eigenvalue weighted by molar-refractivity contribution is 5.74. The summed E-state index contributed by atoms with van der Waals surface area (Å²) in [6.45, 7) is 10.7. The maximum atomic E-state index is 11.7. The van der Waals surface area contributed by atoms with Gasteiger partial charge in [0, 0.05) is 13.1 Å². The van der Waals surface area contributed by atoms with Gasteiger partial charge in [-0.25, -0.2) is 4.79 Å². The summed E-state index contributed by atoms with van der Waals surface area (Å²) in [4.78, 5) is 13.5. The summed E-state index contributed by atoms with van der Waals surface area (Å²) in [5.74, 6) is 1.34. The van der Waals surface area contributed by atoms with Crippen molar-refractivity contribution in [3.63, 3.8) is 0 Å². The van der Waals surface area contributed by atoms with Crippen LogP contribution in [0.4, 0.5) is 4.79 Å². The van der Waals surface area contributed by atoms with E-state index in [-0.39, 0.29) is 6.03 Å². The molecule has 20 heavy (non-hydrogen) atoms. The Bertz CT molecular complexity index is 415. The zero-order valence-electron chi connectivity index (χ0n) is 13.0. The normalized spacial score (nSPS) is 10.4. The molecule has 4 heteroatoms. The van der Waals surface area contributed by atoms with Crippen molar-refractivity contribution >= 4 is 6.03 Å². The van der Waals surface area contributed by atoms with E-state index in [0.29, 0.717) is 19.1 Å². The maximum Gasteiger partial charge on any atom is 0.317 e. The van der Waals surface area contributed by atoms with Crippen molar-refractivity contribution in [1.82, 2.24) is 10.2 Å². The molecular weight excluding hydrogens is 252 g/mol. The Hall–Kier alpha value is -1.71. The van der Waals surface area contributed by atoms with E-state index in [9.17, 15) is 4.79 Å². The Kier molecular flexibility index (Phi) is 6.91. The molecule has 4 nitrogen and oxygen atoms in total. The highest BCUT2D eigenvalue weighted by atomic mass is 16.5. The fraction of sp³-hybridized carbons (Fsp3) is 0.562. The van der Waals surface area contributed by atoms with Crippen molar-refractivity contribution in [1.29, 1.82) is 0 Å². The number of benzene rings is 1. The van der Waals surface area contributed by atoms with Crippen molar-refractivity contribution in [2.45, 2.75) is 33.6 Å². The summed E-state index contributed by atoms with van der Waals surface area (Å²) in [6, 6.07) is 8.06. The van der Waals surface area contributed by atoms with Crippen molar-refractivity contribution in [3.05, 3.63) is 29.8 Å². The van der Waals surface area contributed by atoms with Crippen molar-refractivity contribution < 1.29 is 9.53 Å². The molecule has 0 aromatic heterocycles. The molecule has 0 aliphatic rings. The van der Waals surface area contributed by atoms with Gasteiger partial charge < -0.3 is 15.0 Å². The van der Waals surface area contributed by atoms with Crippen LogP contribution in [0.25, 0.3) is 0 Å². The van der Waals surface area contributed by atoms with E-state index >= 15 is 0 Å². The predicted molar refractivity (Wildman–Crippen MR) is 82.3 cm³/mol. The lowest BCUT2D eigenvalue weighted by atomic mass is 10.0. The van der Waals surface area contributed by atoms with Gasteiger partial charge >= 0.3 is 6.03 Å². The van der Waals surface area contributed by atoms with E-state index < -0.39 is 0 Å². The van der Waals surface area contributed by atoms with Crippen LogP contribution in [0, 0.1) is 0 Å². The lowest BCUT2D eigenvalue weighted by Crippen LogP contribution is -2.41. The average Bonchev–Trinajstić information content (AvgIpc) is 2.45. The van der Waals surface area contributed by atoms with Gasteiger partial charge in [0.2, 0.25) is 0 Å². The molecule has 1 aromatic carbocycles. The Morgan fingerprint density at radius 1 is 1.30 bits per heavy atom. The summed E-state index contributed by atoms with van der Waals surface area (Å²) in [6.07, 6.45) is 0. The molecule has 0 unspecified atom stereocenters. The Labute approximate surface area is 122 Å². The molecule has 0 heterocycles. The number of urea groups is 1. The summed E-state index contributed by atoms with van der Waals surface area (Å²) in [7, 11) is 0. The first kappa shape index (κ1) is 16.3. The number of nitrogens with one attached hydrogen (secondary N) is 1. The number of rotatable bonds is 7.